The molecule has 0 radical (unpaired) electrons. The normalized spacial score (nSPS) is 18.6. The Morgan fingerprint density at radius 1 is 1.41 bits per heavy atom. The van der Waals surface area contributed by atoms with Crippen molar-refractivity contribution in [1.82, 2.24) is 19.8 Å². The third-order valence-electron chi connectivity index (χ3n) is 4.12. The maximum absolute atomic E-state index is 12.4. The molecule has 2 aromatic rings. The maximum atomic E-state index is 12.4. The van der Waals surface area contributed by atoms with E-state index in [2.05, 4.69) is 10.3 Å². The van der Waals surface area contributed by atoms with Crippen molar-refractivity contribution in [3.05, 3.63) is 40.9 Å². The molecule has 1 aliphatic rings. The van der Waals surface area contributed by atoms with E-state index < -0.39 is 0 Å². The average molecular weight is 300 g/mol. The van der Waals surface area contributed by atoms with E-state index in [1.807, 2.05) is 30.0 Å². The van der Waals surface area contributed by atoms with Gasteiger partial charge >= 0.3 is 0 Å². The lowest BCUT2D eigenvalue weighted by atomic mass is 10.2. The summed E-state index contributed by atoms with van der Waals surface area (Å²) in [6.45, 7) is 4.78. The molecule has 22 heavy (non-hydrogen) atoms. The highest BCUT2D eigenvalue weighted by Crippen LogP contribution is 2.07. The van der Waals surface area contributed by atoms with Gasteiger partial charge in [0, 0.05) is 38.6 Å². The summed E-state index contributed by atoms with van der Waals surface area (Å²) < 4.78 is 1.52. The first-order valence-corrected chi connectivity index (χ1v) is 7.61. The molecule has 116 valence electrons. The number of aryl methyl sites for hydroxylation is 1. The third-order valence-corrected chi connectivity index (χ3v) is 4.12. The Balaban J connectivity index is 1.72. The molecular formula is C16H20N4O2. The quantitative estimate of drug-likeness (QED) is 0.902. The van der Waals surface area contributed by atoms with Gasteiger partial charge in [0.25, 0.3) is 5.56 Å². The number of para-hydroxylation sites is 1. The Morgan fingerprint density at radius 3 is 3.05 bits per heavy atom. The molecule has 0 bridgehead atoms. The van der Waals surface area contributed by atoms with Crippen LogP contribution in [0.25, 0.3) is 10.9 Å². The monoisotopic (exact) mass is 300 g/mol. The zero-order valence-corrected chi connectivity index (χ0v) is 12.7. The van der Waals surface area contributed by atoms with Gasteiger partial charge in [-0.25, -0.2) is 4.98 Å². The van der Waals surface area contributed by atoms with Gasteiger partial charge in [-0.1, -0.05) is 12.1 Å². The first-order chi connectivity index (χ1) is 10.7. The Morgan fingerprint density at radius 2 is 2.23 bits per heavy atom. The molecule has 1 aromatic carbocycles. The highest BCUT2D eigenvalue weighted by Gasteiger charge is 2.22. The number of carbonyl (C=O) groups is 1. The zero-order chi connectivity index (χ0) is 15.5. The number of fused-ring (bicyclic) bond motifs is 1. The van der Waals surface area contributed by atoms with Crippen molar-refractivity contribution < 1.29 is 4.79 Å². The number of piperazine rings is 1. The van der Waals surface area contributed by atoms with Gasteiger partial charge in [0.1, 0.15) is 0 Å². The molecule has 2 heterocycles. The van der Waals surface area contributed by atoms with E-state index in [-0.39, 0.29) is 17.5 Å². The minimum Gasteiger partial charge on any atom is -0.337 e. The summed E-state index contributed by atoms with van der Waals surface area (Å²) in [4.78, 5) is 30.8. The molecule has 0 spiro atoms. The highest BCUT2D eigenvalue weighted by molar-refractivity contribution is 5.77. The molecule has 1 fully saturated rings. The van der Waals surface area contributed by atoms with Crippen LogP contribution >= 0.6 is 0 Å². The van der Waals surface area contributed by atoms with Crippen LogP contribution in [0.4, 0.5) is 0 Å². The largest absolute Gasteiger partial charge is 0.337 e. The van der Waals surface area contributed by atoms with E-state index in [9.17, 15) is 9.59 Å². The second kappa shape index (κ2) is 6.27. The Hall–Kier alpha value is -2.21. The third kappa shape index (κ3) is 2.87. The van der Waals surface area contributed by atoms with Crippen LogP contribution in [-0.2, 0) is 11.3 Å². The number of aromatic nitrogens is 2. The van der Waals surface area contributed by atoms with Crippen molar-refractivity contribution in [2.45, 2.75) is 25.9 Å². The number of benzene rings is 1. The van der Waals surface area contributed by atoms with Crippen LogP contribution in [0.1, 0.15) is 13.3 Å². The second-order valence-electron chi connectivity index (χ2n) is 5.65. The fourth-order valence-corrected chi connectivity index (χ4v) is 2.84. The van der Waals surface area contributed by atoms with Crippen molar-refractivity contribution in [2.24, 2.45) is 0 Å². The van der Waals surface area contributed by atoms with E-state index >= 15 is 0 Å². The zero-order valence-electron chi connectivity index (χ0n) is 12.7. The van der Waals surface area contributed by atoms with E-state index in [4.69, 9.17) is 0 Å². The Bertz CT molecular complexity index is 740. The summed E-state index contributed by atoms with van der Waals surface area (Å²) >= 11 is 0. The summed E-state index contributed by atoms with van der Waals surface area (Å²) in [5, 5.41) is 3.85. The number of rotatable bonds is 3. The lowest BCUT2D eigenvalue weighted by molar-refractivity contribution is -0.134. The standard InChI is InChI=1S/C16H20N4O2/c1-12-10-17-7-9-20(12)15(21)6-8-19-11-18-14-5-3-2-4-13(14)16(19)22/h2-5,11-12,17H,6-10H2,1H3/t12-/m0/s1. The van der Waals surface area contributed by atoms with Gasteiger partial charge in [-0.3, -0.25) is 14.2 Å². The fraction of sp³-hybridized carbons (Fsp3) is 0.438. The van der Waals surface area contributed by atoms with Crippen molar-refractivity contribution in [1.29, 1.82) is 0 Å². The first kappa shape index (κ1) is 14.7. The molecule has 1 atom stereocenters. The van der Waals surface area contributed by atoms with Crippen LogP contribution < -0.4 is 10.9 Å². The highest BCUT2D eigenvalue weighted by atomic mass is 16.2. The van der Waals surface area contributed by atoms with Crippen molar-refractivity contribution >= 4 is 16.8 Å². The molecule has 0 unspecified atom stereocenters. The summed E-state index contributed by atoms with van der Waals surface area (Å²) in [7, 11) is 0. The summed E-state index contributed by atoms with van der Waals surface area (Å²) in [5.41, 5.74) is 0.595. The molecule has 6 heteroatoms. The number of hydrogen-bond acceptors (Lipinski definition) is 4. The molecule has 1 saturated heterocycles. The van der Waals surface area contributed by atoms with Crippen LogP contribution in [0.5, 0.6) is 0 Å². The molecule has 1 amide bonds. The van der Waals surface area contributed by atoms with Gasteiger partial charge in [0.15, 0.2) is 0 Å². The van der Waals surface area contributed by atoms with E-state index in [1.54, 1.807) is 6.07 Å². The van der Waals surface area contributed by atoms with Crippen LogP contribution in [0.15, 0.2) is 35.4 Å². The summed E-state index contributed by atoms with van der Waals surface area (Å²) in [6, 6.07) is 7.46. The van der Waals surface area contributed by atoms with Crippen LogP contribution in [-0.4, -0.2) is 46.0 Å². The van der Waals surface area contributed by atoms with Gasteiger partial charge < -0.3 is 10.2 Å². The lowest BCUT2D eigenvalue weighted by Crippen LogP contribution is -2.52. The molecular weight excluding hydrogens is 280 g/mol. The van der Waals surface area contributed by atoms with Gasteiger partial charge in [-0.15, -0.1) is 0 Å². The topological polar surface area (TPSA) is 67.2 Å². The predicted octanol–water partition coefficient (Wildman–Crippen LogP) is 0.607. The maximum Gasteiger partial charge on any atom is 0.261 e. The Labute approximate surface area is 128 Å². The molecule has 6 nitrogen and oxygen atoms in total. The van der Waals surface area contributed by atoms with E-state index in [0.29, 0.717) is 23.9 Å². The van der Waals surface area contributed by atoms with Crippen LogP contribution in [0.3, 0.4) is 0 Å². The van der Waals surface area contributed by atoms with E-state index in [0.717, 1.165) is 19.6 Å². The number of hydrogen-bond donors (Lipinski definition) is 1. The number of nitrogens with one attached hydrogen (secondary N) is 1. The number of carbonyl (C=O) groups excluding carboxylic acids is 1. The van der Waals surface area contributed by atoms with Crippen molar-refractivity contribution in [3.63, 3.8) is 0 Å². The van der Waals surface area contributed by atoms with Crippen LogP contribution in [0, 0.1) is 0 Å². The fourth-order valence-electron chi connectivity index (χ4n) is 2.84. The second-order valence-corrected chi connectivity index (χ2v) is 5.65. The molecule has 0 saturated carbocycles. The first-order valence-electron chi connectivity index (χ1n) is 7.61. The molecule has 0 aliphatic carbocycles. The smallest absolute Gasteiger partial charge is 0.261 e. The lowest BCUT2D eigenvalue weighted by Gasteiger charge is -2.34. The molecule has 1 aliphatic heterocycles. The van der Waals surface area contributed by atoms with Gasteiger partial charge in [0.05, 0.1) is 17.2 Å². The molecule has 1 aromatic heterocycles. The van der Waals surface area contributed by atoms with Crippen LogP contribution in [0.2, 0.25) is 0 Å². The average Bonchev–Trinajstić information content (AvgIpc) is 2.55. The minimum absolute atomic E-state index is 0.0910. The van der Waals surface area contributed by atoms with Gasteiger partial charge in [0.2, 0.25) is 5.91 Å². The molecule has 1 N–H and O–H groups in total. The Kier molecular flexibility index (Phi) is 4.20. The minimum atomic E-state index is -0.0910. The predicted molar refractivity (Wildman–Crippen MR) is 84.7 cm³/mol. The van der Waals surface area contributed by atoms with E-state index in [1.165, 1.54) is 10.9 Å². The van der Waals surface area contributed by atoms with Gasteiger partial charge in [-0.2, -0.15) is 0 Å². The summed E-state index contributed by atoms with van der Waals surface area (Å²) in [5.74, 6) is 0.0917. The van der Waals surface area contributed by atoms with Gasteiger partial charge in [-0.05, 0) is 19.1 Å². The SMILES string of the molecule is C[C@H]1CNCCN1C(=O)CCn1cnc2ccccc2c1=O. The molecule has 3 rings (SSSR count). The number of amides is 1. The summed E-state index contributed by atoms with van der Waals surface area (Å²) in [6.07, 6.45) is 1.85. The van der Waals surface area contributed by atoms with Crippen molar-refractivity contribution in [3.8, 4) is 0 Å². The van der Waals surface area contributed by atoms with Crippen molar-refractivity contribution in [2.75, 3.05) is 19.6 Å². The number of nitrogens with zero attached hydrogens (tertiary/aromatic N) is 3.